The predicted molar refractivity (Wildman–Crippen MR) is 84.7 cm³/mol. The molecule has 0 saturated heterocycles. The highest BCUT2D eigenvalue weighted by Crippen LogP contribution is 2.21. The van der Waals surface area contributed by atoms with E-state index in [2.05, 4.69) is 44.8 Å². The fourth-order valence-corrected chi connectivity index (χ4v) is 2.25. The van der Waals surface area contributed by atoms with Crippen LogP contribution >= 0.6 is 22.6 Å². The Kier molecular flexibility index (Phi) is 4.95. The summed E-state index contributed by atoms with van der Waals surface area (Å²) in [6.07, 6.45) is 2.51. The first kappa shape index (κ1) is 14.0. The second-order valence-electron chi connectivity index (χ2n) is 4.00. The van der Waals surface area contributed by atoms with Crippen LogP contribution in [0.5, 0.6) is 5.75 Å². The summed E-state index contributed by atoms with van der Waals surface area (Å²) in [5, 5.41) is 3.24. The topological polar surface area (TPSA) is 47.0 Å². The molecule has 0 aliphatic rings. The van der Waals surface area contributed by atoms with E-state index in [9.17, 15) is 0 Å². The summed E-state index contributed by atoms with van der Waals surface area (Å²) < 4.78 is 6.38. The number of hydrogen-bond acceptors (Lipinski definition) is 4. The van der Waals surface area contributed by atoms with Crippen LogP contribution in [0.4, 0.5) is 5.82 Å². The fourth-order valence-electron chi connectivity index (χ4n) is 1.80. The van der Waals surface area contributed by atoms with Gasteiger partial charge in [-0.2, -0.15) is 0 Å². The maximum atomic E-state index is 5.35. The molecule has 4 nitrogen and oxygen atoms in total. The average Bonchev–Trinajstić information content (AvgIpc) is 2.43. The fraction of sp³-hybridized carbons (Fsp3) is 0.286. The molecule has 0 bridgehead atoms. The molecule has 0 atom stereocenters. The van der Waals surface area contributed by atoms with Gasteiger partial charge in [-0.25, -0.2) is 9.97 Å². The quantitative estimate of drug-likeness (QED) is 0.823. The largest absolute Gasteiger partial charge is 0.496 e. The van der Waals surface area contributed by atoms with Gasteiger partial charge in [0.15, 0.2) is 0 Å². The van der Waals surface area contributed by atoms with E-state index < -0.39 is 0 Å². The number of methoxy groups -OCH3 is 1. The molecule has 2 rings (SSSR count). The highest BCUT2D eigenvalue weighted by atomic mass is 127. The van der Waals surface area contributed by atoms with Crippen molar-refractivity contribution in [3.63, 3.8) is 0 Å². The third-order valence-electron chi connectivity index (χ3n) is 2.68. The van der Waals surface area contributed by atoms with Crippen LogP contribution in [-0.2, 0) is 6.42 Å². The second kappa shape index (κ2) is 6.70. The summed E-state index contributed by atoms with van der Waals surface area (Å²) in [6.45, 7) is 2.90. The van der Waals surface area contributed by atoms with E-state index in [-0.39, 0.29) is 0 Å². The molecule has 0 radical (unpaired) electrons. The van der Waals surface area contributed by atoms with Crippen molar-refractivity contribution in [3.05, 3.63) is 45.4 Å². The maximum absolute atomic E-state index is 5.35. The van der Waals surface area contributed by atoms with E-state index in [1.807, 2.05) is 30.5 Å². The maximum Gasteiger partial charge on any atom is 0.143 e. The van der Waals surface area contributed by atoms with Gasteiger partial charge in [0.2, 0.25) is 0 Å². The molecule has 0 saturated carbocycles. The molecule has 2 aromatic rings. The minimum Gasteiger partial charge on any atom is -0.496 e. The molecule has 0 unspecified atom stereocenters. The summed E-state index contributed by atoms with van der Waals surface area (Å²) in [4.78, 5) is 8.93. The molecule has 0 aliphatic heterocycles. The number of halogens is 1. The molecule has 0 amide bonds. The minimum atomic E-state index is 0.666. The number of ether oxygens (including phenoxy) is 1. The molecule has 0 fully saturated rings. The van der Waals surface area contributed by atoms with Crippen molar-refractivity contribution in [1.29, 1.82) is 0 Å². The first-order chi connectivity index (χ1) is 9.24. The van der Waals surface area contributed by atoms with Crippen LogP contribution in [0.15, 0.2) is 30.5 Å². The smallest absolute Gasteiger partial charge is 0.143 e. The van der Waals surface area contributed by atoms with Gasteiger partial charge < -0.3 is 10.1 Å². The normalized spacial score (nSPS) is 10.3. The third-order valence-corrected chi connectivity index (χ3v) is 3.47. The Morgan fingerprint density at radius 1 is 1.32 bits per heavy atom. The number of nitrogens with zero attached hydrogens (tertiary/aromatic N) is 2. The van der Waals surface area contributed by atoms with Gasteiger partial charge in [0.25, 0.3) is 0 Å². The zero-order valence-corrected chi connectivity index (χ0v) is 13.1. The summed E-state index contributed by atoms with van der Waals surface area (Å²) in [5.41, 5.74) is 1.09. The van der Waals surface area contributed by atoms with Crippen LogP contribution in [0.1, 0.15) is 18.3 Å². The van der Waals surface area contributed by atoms with E-state index in [0.29, 0.717) is 6.42 Å². The average molecular weight is 369 g/mol. The summed E-state index contributed by atoms with van der Waals surface area (Å²) >= 11 is 2.23. The monoisotopic (exact) mass is 369 g/mol. The number of nitrogens with one attached hydrogen (secondary N) is 1. The minimum absolute atomic E-state index is 0.666. The molecular weight excluding hydrogens is 353 g/mol. The number of hydrogen-bond donors (Lipinski definition) is 1. The summed E-state index contributed by atoms with van der Waals surface area (Å²) in [7, 11) is 1.68. The zero-order chi connectivity index (χ0) is 13.7. The molecule has 1 aromatic carbocycles. The molecule has 100 valence electrons. The number of anilines is 1. The molecule has 1 aromatic heterocycles. The molecular formula is C14H16IN3O. The lowest BCUT2D eigenvalue weighted by Gasteiger charge is -2.09. The van der Waals surface area contributed by atoms with Gasteiger partial charge in [-0.3, -0.25) is 0 Å². The van der Waals surface area contributed by atoms with Crippen molar-refractivity contribution >= 4 is 28.4 Å². The standard InChI is InChI=1S/C14H16IN3O/c1-3-16-14-11(15)9-17-13(18-14)8-10-6-4-5-7-12(10)19-2/h4-7,9H,3,8H2,1-2H3,(H,16,17,18). The van der Waals surface area contributed by atoms with Crippen molar-refractivity contribution in [3.8, 4) is 5.75 Å². The molecule has 0 spiro atoms. The highest BCUT2D eigenvalue weighted by molar-refractivity contribution is 14.1. The van der Waals surface area contributed by atoms with Crippen LogP contribution in [0.3, 0.4) is 0 Å². The lowest BCUT2D eigenvalue weighted by Crippen LogP contribution is -2.06. The van der Waals surface area contributed by atoms with Gasteiger partial charge in [0, 0.05) is 24.7 Å². The third kappa shape index (κ3) is 3.56. The Bertz CT molecular complexity index is 560. The molecule has 1 N–H and O–H groups in total. The van der Waals surface area contributed by atoms with Crippen molar-refractivity contribution in [1.82, 2.24) is 9.97 Å². The molecule has 19 heavy (non-hydrogen) atoms. The van der Waals surface area contributed by atoms with E-state index >= 15 is 0 Å². The highest BCUT2D eigenvalue weighted by Gasteiger charge is 2.08. The first-order valence-corrected chi connectivity index (χ1v) is 7.19. The number of rotatable bonds is 5. The van der Waals surface area contributed by atoms with E-state index in [1.165, 1.54) is 0 Å². The van der Waals surface area contributed by atoms with Crippen LogP contribution in [0, 0.1) is 3.57 Å². The summed E-state index contributed by atoms with van der Waals surface area (Å²) in [5.74, 6) is 2.55. The second-order valence-corrected chi connectivity index (χ2v) is 5.16. The Labute approximate surface area is 126 Å². The Balaban J connectivity index is 2.25. The van der Waals surface area contributed by atoms with Crippen molar-refractivity contribution in [2.24, 2.45) is 0 Å². The predicted octanol–water partition coefficient (Wildman–Crippen LogP) is 3.11. The Morgan fingerprint density at radius 3 is 2.84 bits per heavy atom. The zero-order valence-electron chi connectivity index (χ0n) is 11.0. The van der Waals surface area contributed by atoms with Crippen LogP contribution < -0.4 is 10.1 Å². The molecule has 0 aliphatic carbocycles. The number of para-hydroxylation sites is 1. The van der Waals surface area contributed by atoms with Gasteiger partial charge in [-0.1, -0.05) is 18.2 Å². The van der Waals surface area contributed by atoms with Crippen LogP contribution in [0.25, 0.3) is 0 Å². The molecule has 5 heteroatoms. The van der Waals surface area contributed by atoms with Crippen molar-refractivity contribution in [2.75, 3.05) is 19.0 Å². The van der Waals surface area contributed by atoms with E-state index in [4.69, 9.17) is 4.74 Å². The lowest BCUT2D eigenvalue weighted by molar-refractivity contribution is 0.410. The van der Waals surface area contributed by atoms with Crippen molar-refractivity contribution < 1.29 is 4.74 Å². The number of aromatic nitrogens is 2. The van der Waals surface area contributed by atoms with Crippen LogP contribution in [-0.4, -0.2) is 23.6 Å². The Morgan fingerprint density at radius 2 is 2.11 bits per heavy atom. The summed E-state index contributed by atoms with van der Waals surface area (Å²) in [6, 6.07) is 7.94. The molecule has 1 heterocycles. The van der Waals surface area contributed by atoms with Crippen LogP contribution in [0.2, 0.25) is 0 Å². The lowest BCUT2D eigenvalue weighted by atomic mass is 10.1. The van der Waals surface area contributed by atoms with Crippen molar-refractivity contribution in [2.45, 2.75) is 13.3 Å². The van der Waals surface area contributed by atoms with E-state index in [1.54, 1.807) is 7.11 Å². The Hall–Kier alpha value is -1.37. The van der Waals surface area contributed by atoms with Gasteiger partial charge in [-0.05, 0) is 35.6 Å². The van der Waals surface area contributed by atoms with Gasteiger partial charge in [-0.15, -0.1) is 0 Å². The number of benzene rings is 1. The van der Waals surface area contributed by atoms with E-state index in [0.717, 1.165) is 33.1 Å². The SMILES string of the molecule is CCNc1nc(Cc2ccccc2OC)ncc1I. The van der Waals surface area contributed by atoms with Gasteiger partial charge >= 0.3 is 0 Å². The first-order valence-electron chi connectivity index (χ1n) is 6.11. The van der Waals surface area contributed by atoms with Gasteiger partial charge in [0.05, 0.1) is 10.7 Å². The van der Waals surface area contributed by atoms with Gasteiger partial charge in [0.1, 0.15) is 17.4 Å².